The van der Waals surface area contributed by atoms with E-state index in [2.05, 4.69) is 20.9 Å². The maximum absolute atomic E-state index is 11.7. The van der Waals surface area contributed by atoms with Crippen molar-refractivity contribution < 1.29 is 19.1 Å². The number of benzene rings is 2. The van der Waals surface area contributed by atoms with E-state index in [0.29, 0.717) is 59.4 Å². The minimum Gasteiger partial charge on any atom is -0.496 e. The minimum atomic E-state index is 0.0910. The van der Waals surface area contributed by atoms with Crippen LogP contribution in [0.2, 0.25) is 10.0 Å². The van der Waals surface area contributed by atoms with Crippen molar-refractivity contribution in [3.05, 3.63) is 82.0 Å². The molecule has 4 aromatic rings. The Morgan fingerprint density at radius 1 is 0.900 bits per heavy atom. The van der Waals surface area contributed by atoms with Gasteiger partial charge in [0, 0.05) is 97.7 Å². The van der Waals surface area contributed by atoms with Crippen LogP contribution in [0.25, 0.3) is 33.6 Å². The molecular formula is C38H42Cl2N6O4. The van der Waals surface area contributed by atoms with E-state index < -0.39 is 0 Å². The number of methoxy groups -OCH3 is 2. The summed E-state index contributed by atoms with van der Waals surface area (Å²) >= 11 is 14.2. The molecule has 50 heavy (non-hydrogen) atoms. The monoisotopic (exact) mass is 716 g/mol. The first-order chi connectivity index (χ1) is 24.2. The largest absolute Gasteiger partial charge is 0.496 e. The topological polar surface area (TPSA) is 118 Å². The van der Waals surface area contributed by atoms with Crippen LogP contribution in [0.15, 0.2) is 60.8 Å². The standard InChI is InChI=1S/C38H42Cl2N6O4/c1-23(47)46-17-14-27(15-18-46)42-20-25-8-7-24(19-33(25)49-2)37-36(40)30(13-16-41-37)29-5-4-6-31(35(29)39)32-11-9-26(38(45-32)50-3)21-43-28-10-12-34(48)44-22-28/h4-9,11,13,16,19,27-28,42-43H,10,12,14-15,17-18,20-22H2,1-3H3,(H,44,48). The van der Waals surface area contributed by atoms with Gasteiger partial charge in [-0.05, 0) is 37.5 Å². The van der Waals surface area contributed by atoms with Gasteiger partial charge < -0.3 is 30.3 Å². The Kier molecular flexibility index (Phi) is 11.5. The van der Waals surface area contributed by atoms with E-state index in [4.69, 9.17) is 37.7 Å². The summed E-state index contributed by atoms with van der Waals surface area (Å²) in [6, 6.07) is 18.1. The van der Waals surface area contributed by atoms with Crippen LogP contribution in [0.4, 0.5) is 0 Å². The molecule has 2 aliphatic heterocycles. The van der Waals surface area contributed by atoms with Crippen molar-refractivity contribution in [3.8, 4) is 45.3 Å². The SMILES string of the molecule is COc1cc(-c2nccc(-c3cccc(-c4ccc(CNC5CCC(=O)NC5)c(OC)n4)c3Cl)c2Cl)ccc1CNC1CCN(C(C)=O)CC1. The minimum absolute atomic E-state index is 0.0910. The number of pyridine rings is 2. The van der Waals surface area contributed by atoms with Gasteiger partial charge in [-0.25, -0.2) is 4.98 Å². The van der Waals surface area contributed by atoms with Crippen molar-refractivity contribution in [1.29, 1.82) is 0 Å². The number of aromatic nitrogens is 2. The summed E-state index contributed by atoms with van der Waals surface area (Å²) in [7, 11) is 3.26. The summed E-state index contributed by atoms with van der Waals surface area (Å²) in [5.41, 5.74) is 6.31. The van der Waals surface area contributed by atoms with Gasteiger partial charge in [0.15, 0.2) is 0 Å². The smallest absolute Gasteiger partial charge is 0.220 e. The lowest BCUT2D eigenvalue weighted by atomic mass is 9.99. The fourth-order valence-electron chi connectivity index (χ4n) is 6.57. The molecule has 2 amide bonds. The highest BCUT2D eigenvalue weighted by Crippen LogP contribution is 2.42. The zero-order valence-electron chi connectivity index (χ0n) is 28.5. The molecule has 3 N–H and O–H groups in total. The highest BCUT2D eigenvalue weighted by Gasteiger charge is 2.22. The van der Waals surface area contributed by atoms with Gasteiger partial charge in [0.25, 0.3) is 0 Å². The first-order valence-electron chi connectivity index (χ1n) is 16.9. The molecule has 0 saturated carbocycles. The van der Waals surface area contributed by atoms with E-state index in [1.807, 2.05) is 59.5 Å². The quantitative estimate of drug-likeness (QED) is 0.166. The lowest BCUT2D eigenvalue weighted by Gasteiger charge is -2.32. The number of halogens is 2. The van der Waals surface area contributed by atoms with Crippen molar-refractivity contribution in [3.63, 3.8) is 0 Å². The van der Waals surface area contributed by atoms with E-state index in [9.17, 15) is 9.59 Å². The molecule has 0 radical (unpaired) electrons. The van der Waals surface area contributed by atoms with Crippen LogP contribution >= 0.6 is 23.2 Å². The molecule has 1 unspecified atom stereocenters. The molecule has 262 valence electrons. The number of likely N-dealkylation sites (tertiary alicyclic amines) is 1. The average Bonchev–Trinajstić information content (AvgIpc) is 3.14. The number of hydrogen-bond acceptors (Lipinski definition) is 8. The van der Waals surface area contributed by atoms with Crippen LogP contribution in [0.1, 0.15) is 43.7 Å². The second-order valence-electron chi connectivity index (χ2n) is 12.7. The molecule has 0 bridgehead atoms. The zero-order chi connectivity index (χ0) is 35.2. The van der Waals surface area contributed by atoms with Crippen LogP contribution < -0.4 is 25.4 Å². The number of nitrogens with zero attached hydrogens (tertiary/aromatic N) is 3. The first kappa shape index (κ1) is 35.6. The molecule has 2 aromatic heterocycles. The molecule has 2 aromatic carbocycles. The van der Waals surface area contributed by atoms with E-state index in [0.717, 1.165) is 71.5 Å². The summed E-state index contributed by atoms with van der Waals surface area (Å²) in [5.74, 6) is 1.47. The normalized spacial score (nSPS) is 16.6. The molecule has 2 aliphatic rings. The summed E-state index contributed by atoms with van der Waals surface area (Å²) in [6.07, 6.45) is 4.89. The number of nitrogens with one attached hydrogen (secondary N) is 3. The van der Waals surface area contributed by atoms with Gasteiger partial charge in [-0.2, -0.15) is 0 Å². The van der Waals surface area contributed by atoms with E-state index in [1.54, 1.807) is 27.3 Å². The third kappa shape index (κ3) is 8.05. The van der Waals surface area contributed by atoms with E-state index in [-0.39, 0.29) is 17.9 Å². The number of rotatable bonds is 11. The molecule has 0 spiro atoms. The van der Waals surface area contributed by atoms with Gasteiger partial charge in [0.1, 0.15) is 5.75 Å². The number of carbonyl (C=O) groups is 2. The van der Waals surface area contributed by atoms with Gasteiger partial charge >= 0.3 is 0 Å². The lowest BCUT2D eigenvalue weighted by Crippen LogP contribution is -2.45. The number of carbonyl (C=O) groups excluding carboxylic acids is 2. The second kappa shape index (κ2) is 16.2. The molecular weight excluding hydrogens is 675 g/mol. The van der Waals surface area contributed by atoms with Gasteiger partial charge in [-0.15, -0.1) is 0 Å². The van der Waals surface area contributed by atoms with Crippen LogP contribution in [0.3, 0.4) is 0 Å². The summed E-state index contributed by atoms with van der Waals surface area (Å²) in [4.78, 5) is 34.5. The van der Waals surface area contributed by atoms with Crippen molar-refractivity contribution in [2.45, 2.75) is 57.8 Å². The van der Waals surface area contributed by atoms with Crippen LogP contribution in [-0.4, -0.2) is 72.6 Å². The molecule has 0 aliphatic carbocycles. The predicted octanol–water partition coefficient (Wildman–Crippen LogP) is 6.27. The molecule has 2 fully saturated rings. The molecule has 2 saturated heterocycles. The Hall–Kier alpha value is -4.22. The summed E-state index contributed by atoms with van der Waals surface area (Å²) < 4.78 is 11.5. The third-order valence-electron chi connectivity index (χ3n) is 9.52. The molecule has 6 rings (SSSR count). The Balaban J connectivity index is 1.20. The fourth-order valence-corrected chi connectivity index (χ4v) is 7.22. The number of ether oxygens (including phenoxy) is 2. The maximum atomic E-state index is 11.7. The van der Waals surface area contributed by atoms with Crippen molar-refractivity contribution in [2.75, 3.05) is 33.9 Å². The van der Waals surface area contributed by atoms with Gasteiger partial charge in [-0.1, -0.05) is 59.6 Å². The Bertz CT molecular complexity index is 1850. The third-order valence-corrected chi connectivity index (χ3v) is 10.3. The van der Waals surface area contributed by atoms with E-state index in [1.165, 1.54) is 0 Å². The lowest BCUT2D eigenvalue weighted by molar-refractivity contribution is -0.130. The van der Waals surface area contributed by atoms with Crippen LogP contribution in [0, 0.1) is 0 Å². The number of hydrogen-bond donors (Lipinski definition) is 3. The van der Waals surface area contributed by atoms with Crippen molar-refractivity contribution in [1.82, 2.24) is 30.8 Å². The van der Waals surface area contributed by atoms with Gasteiger partial charge in [0.05, 0.1) is 35.7 Å². The van der Waals surface area contributed by atoms with Gasteiger partial charge in [-0.3, -0.25) is 14.6 Å². The highest BCUT2D eigenvalue weighted by molar-refractivity contribution is 6.39. The van der Waals surface area contributed by atoms with Crippen molar-refractivity contribution in [2.24, 2.45) is 0 Å². The fraction of sp³-hybridized carbons (Fsp3) is 0.368. The zero-order valence-corrected chi connectivity index (χ0v) is 30.0. The first-order valence-corrected chi connectivity index (χ1v) is 17.6. The second-order valence-corrected chi connectivity index (χ2v) is 13.4. The van der Waals surface area contributed by atoms with Crippen LogP contribution in [-0.2, 0) is 22.7 Å². The summed E-state index contributed by atoms with van der Waals surface area (Å²) in [5, 5.41) is 11.0. The average molecular weight is 718 g/mol. The highest BCUT2D eigenvalue weighted by atomic mass is 35.5. The van der Waals surface area contributed by atoms with E-state index >= 15 is 0 Å². The Labute approximate surface area is 302 Å². The molecule has 12 heteroatoms. The predicted molar refractivity (Wildman–Crippen MR) is 196 cm³/mol. The van der Waals surface area contributed by atoms with Gasteiger partial charge in [0.2, 0.25) is 17.7 Å². The maximum Gasteiger partial charge on any atom is 0.220 e. The Morgan fingerprint density at radius 2 is 1.62 bits per heavy atom. The summed E-state index contributed by atoms with van der Waals surface area (Å²) in [6.45, 7) is 4.98. The molecule has 10 nitrogen and oxygen atoms in total. The number of amides is 2. The Morgan fingerprint density at radius 3 is 2.34 bits per heavy atom. The number of piperidine rings is 2. The van der Waals surface area contributed by atoms with Crippen molar-refractivity contribution >= 4 is 35.0 Å². The molecule has 4 heterocycles. The van der Waals surface area contributed by atoms with Crippen LogP contribution in [0.5, 0.6) is 11.6 Å². The molecule has 1 atom stereocenters.